The van der Waals surface area contributed by atoms with Gasteiger partial charge in [0.25, 0.3) is 5.91 Å². The number of carboxylic acids is 1. The maximum Gasteiger partial charge on any atom is 0.345 e. The molecule has 1 heterocycles. The van der Waals surface area contributed by atoms with E-state index in [1.807, 2.05) is 0 Å². The van der Waals surface area contributed by atoms with Crippen molar-refractivity contribution in [3.8, 4) is 0 Å². The molecular weight excluding hydrogens is 324 g/mol. The molecule has 23 heavy (non-hydrogen) atoms. The van der Waals surface area contributed by atoms with Gasteiger partial charge in [0, 0.05) is 20.1 Å². The highest BCUT2D eigenvalue weighted by Crippen LogP contribution is 2.29. The van der Waals surface area contributed by atoms with Gasteiger partial charge in [-0.2, -0.15) is 0 Å². The fourth-order valence-corrected chi connectivity index (χ4v) is 2.55. The number of ether oxygens (including phenoxy) is 1. The van der Waals surface area contributed by atoms with Gasteiger partial charge in [0.1, 0.15) is 0 Å². The van der Waals surface area contributed by atoms with Gasteiger partial charge in [-0.15, -0.1) is 0 Å². The first-order valence-electron chi connectivity index (χ1n) is 6.94. The Bertz CT molecular complexity index is 651. The van der Waals surface area contributed by atoms with E-state index in [1.54, 1.807) is 24.3 Å². The molecule has 0 spiro atoms. The standard InChI is InChI=1S/C15H17ClN2O5/c1-15(23-2,14(21)22)13(20)17-9-7-12(19)18(8-9)11-6-4-3-5-10(11)16/h3-6,9H,7-8H2,1-2H3,(H,17,20)(H,21,22). The zero-order valence-corrected chi connectivity index (χ0v) is 13.5. The second-order valence-electron chi connectivity index (χ2n) is 5.37. The van der Waals surface area contributed by atoms with Gasteiger partial charge in [-0.1, -0.05) is 23.7 Å². The summed E-state index contributed by atoms with van der Waals surface area (Å²) < 4.78 is 4.80. The van der Waals surface area contributed by atoms with E-state index in [4.69, 9.17) is 21.4 Å². The van der Waals surface area contributed by atoms with E-state index in [0.29, 0.717) is 10.7 Å². The molecule has 0 radical (unpaired) electrons. The van der Waals surface area contributed by atoms with Crippen LogP contribution in [-0.4, -0.2) is 48.2 Å². The Labute approximate surface area is 138 Å². The van der Waals surface area contributed by atoms with Crippen molar-refractivity contribution in [2.24, 2.45) is 0 Å². The zero-order valence-electron chi connectivity index (χ0n) is 12.7. The minimum Gasteiger partial charge on any atom is -0.479 e. The van der Waals surface area contributed by atoms with Crippen molar-refractivity contribution in [2.45, 2.75) is 25.0 Å². The molecule has 124 valence electrons. The molecule has 1 aliphatic heterocycles. The molecule has 2 amide bonds. The number of hydrogen-bond donors (Lipinski definition) is 2. The van der Waals surface area contributed by atoms with Crippen molar-refractivity contribution in [3.05, 3.63) is 29.3 Å². The van der Waals surface area contributed by atoms with Crippen LogP contribution in [0.2, 0.25) is 5.02 Å². The molecule has 7 nitrogen and oxygen atoms in total. The van der Waals surface area contributed by atoms with Crippen LogP contribution in [0.15, 0.2) is 24.3 Å². The number of benzene rings is 1. The fourth-order valence-electron chi connectivity index (χ4n) is 2.31. The summed E-state index contributed by atoms with van der Waals surface area (Å²) >= 11 is 6.08. The Morgan fingerprint density at radius 1 is 1.43 bits per heavy atom. The number of aliphatic carboxylic acids is 1. The van der Waals surface area contributed by atoms with Gasteiger partial charge in [0.05, 0.1) is 16.8 Å². The number of anilines is 1. The summed E-state index contributed by atoms with van der Waals surface area (Å²) in [6.07, 6.45) is 0.0658. The number of nitrogens with zero attached hydrogens (tertiary/aromatic N) is 1. The quantitative estimate of drug-likeness (QED) is 0.781. The lowest BCUT2D eigenvalue weighted by molar-refractivity contribution is -0.168. The van der Waals surface area contributed by atoms with Crippen molar-refractivity contribution < 1.29 is 24.2 Å². The van der Waals surface area contributed by atoms with E-state index in [9.17, 15) is 14.4 Å². The second-order valence-corrected chi connectivity index (χ2v) is 5.78. The van der Waals surface area contributed by atoms with Crippen molar-refractivity contribution in [1.82, 2.24) is 5.32 Å². The minimum absolute atomic E-state index is 0.0658. The summed E-state index contributed by atoms with van der Waals surface area (Å²) in [5, 5.41) is 12.1. The summed E-state index contributed by atoms with van der Waals surface area (Å²) in [5.41, 5.74) is -1.44. The average molecular weight is 341 g/mol. The molecule has 1 aromatic rings. The van der Waals surface area contributed by atoms with Crippen LogP contribution in [0, 0.1) is 0 Å². The lowest BCUT2D eigenvalue weighted by Gasteiger charge is -2.24. The third-order valence-electron chi connectivity index (χ3n) is 3.85. The summed E-state index contributed by atoms with van der Waals surface area (Å²) in [4.78, 5) is 36.9. The summed E-state index contributed by atoms with van der Waals surface area (Å²) in [6.45, 7) is 1.38. The van der Waals surface area contributed by atoms with Gasteiger partial charge in [-0.25, -0.2) is 4.79 Å². The third-order valence-corrected chi connectivity index (χ3v) is 4.17. The van der Waals surface area contributed by atoms with Crippen LogP contribution in [-0.2, 0) is 19.1 Å². The highest BCUT2D eigenvalue weighted by atomic mass is 35.5. The number of nitrogens with one attached hydrogen (secondary N) is 1. The first-order chi connectivity index (χ1) is 10.8. The van der Waals surface area contributed by atoms with Gasteiger partial charge in [-0.05, 0) is 19.1 Å². The van der Waals surface area contributed by atoms with E-state index < -0.39 is 23.5 Å². The van der Waals surface area contributed by atoms with E-state index in [2.05, 4.69) is 5.32 Å². The maximum absolute atomic E-state index is 12.1. The number of carbonyl (C=O) groups excluding carboxylic acids is 2. The van der Waals surface area contributed by atoms with Gasteiger partial charge in [0.2, 0.25) is 11.5 Å². The molecular formula is C15H17ClN2O5. The van der Waals surface area contributed by atoms with Crippen molar-refractivity contribution in [1.29, 1.82) is 0 Å². The van der Waals surface area contributed by atoms with Gasteiger partial charge < -0.3 is 20.1 Å². The summed E-state index contributed by atoms with van der Waals surface area (Å²) in [7, 11) is 1.14. The predicted octanol–water partition coefficient (Wildman–Crippen LogP) is 1.05. The number of methoxy groups -OCH3 is 1. The molecule has 0 aliphatic carbocycles. The van der Waals surface area contributed by atoms with Crippen LogP contribution < -0.4 is 10.2 Å². The maximum atomic E-state index is 12.1. The fraction of sp³-hybridized carbons (Fsp3) is 0.400. The molecule has 0 bridgehead atoms. The first-order valence-corrected chi connectivity index (χ1v) is 7.31. The number of carbonyl (C=O) groups is 3. The molecule has 1 fully saturated rings. The SMILES string of the molecule is COC(C)(C(=O)O)C(=O)NC1CC(=O)N(c2ccccc2Cl)C1. The van der Waals surface area contributed by atoms with Gasteiger partial charge >= 0.3 is 5.97 Å². The molecule has 2 N–H and O–H groups in total. The third kappa shape index (κ3) is 3.30. The van der Waals surface area contributed by atoms with E-state index >= 15 is 0 Å². The molecule has 8 heteroatoms. The van der Waals surface area contributed by atoms with E-state index in [-0.39, 0.29) is 18.9 Å². The van der Waals surface area contributed by atoms with Crippen LogP contribution in [0.5, 0.6) is 0 Å². The Kier molecular flexibility index (Phi) is 4.91. The molecule has 2 unspecified atom stereocenters. The summed E-state index contributed by atoms with van der Waals surface area (Å²) in [5.74, 6) is -2.39. The van der Waals surface area contributed by atoms with E-state index in [0.717, 1.165) is 14.0 Å². The average Bonchev–Trinajstić information content (AvgIpc) is 2.86. The zero-order chi connectivity index (χ0) is 17.2. The Hall–Kier alpha value is -2.12. The number of halogens is 1. The monoisotopic (exact) mass is 340 g/mol. The number of rotatable bonds is 5. The highest BCUT2D eigenvalue weighted by Gasteiger charge is 2.44. The van der Waals surface area contributed by atoms with Crippen molar-refractivity contribution in [2.75, 3.05) is 18.6 Å². The largest absolute Gasteiger partial charge is 0.479 e. The van der Waals surface area contributed by atoms with Gasteiger partial charge in [-0.3, -0.25) is 9.59 Å². The molecule has 1 saturated heterocycles. The smallest absolute Gasteiger partial charge is 0.345 e. The molecule has 1 aliphatic rings. The lowest BCUT2D eigenvalue weighted by Crippen LogP contribution is -2.54. The molecule has 2 rings (SSSR count). The number of para-hydroxylation sites is 1. The first kappa shape index (κ1) is 17.2. The molecule has 2 atom stereocenters. The lowest BCUT2D eigenvalue weighted by atomic mass is 10.1. The highest BCUT2D eigenvalue weighted by molar-refractivity contribution is 6.33. The van der Waals surface area contributed by atoms with Crippen molar-refractivity contribution >= 4 is 35.1 Å². The summed E-state index contributed by atoms with van der Waals surface area (Å²) in [6, 6.07) is 6.37. The van der Waals surface area contributed by atoms with Crippen LogP contribution in [0.1, 0.15) is 13.3 Å². The topological polar surface area (TPSA) is 95.9 Å². The van der Waals surface area contributed by atoms with Gasteiger partial charge in [0.15, 0.2) is 0 Å². The molecule has 1 aromatic carbocycles. The predicted molar refractivity (Wildman–Crippen MR) is 83.4 cm³/mol. The minimum atomic E-state index is -2.00. The van der Waals surface area contributed by atoms with Crippen LogP contribution in [0.3, 0.4) is 0 Å². The number of amides is 2. The Morgan fingerprint density at radius 3 is 2.65 bits per heavy atom. The van der Waals surface area contributed by atoms with E-state index in [1.165, 1.54) is 4.90 Å². The molecule has 0 saturated carbocycles. The van der Waals surface area contributed by atoms with Crippen LogP contribution >= 0.6 is 11.6 Å². The number of hydrogen-bond acceptors (Lipinski definition) is 4. The molecule has 0 aromatic heterocycles. The van der Waals surface area contributed by atoms with Crippen LogP contribution in [0.25, 0.3) is 0 Å². The second kappa shape index (κ2) is 6.55. The normalized spacial score (nSPS) is 20.2. The Balaban J connectivity index is 2.11. The van der Waals surface area contributed by atoms with Crippen LogP contribution in [0.4, 0.5) is 5.69 Å². The van der Waals surface area contributed by atoms with Crippen molar-refractivity contribution in [3.63, 3.8) is 0 Å². The Morgan fingerprint density at radius 2 is 2.09 bits per heavy atom. The number of carboxylic acid groups (broad SMARTS) is 1.